The van der Waals surface area contributed by atoms with Crippen molar-refractivity contribution in [2.24, 2.45) is 5.73 Å². The van der Waals surface area contributed by atoms with Crippen LogP contribution in [0.25, 0.3) is 10.9 Å². The molecule has 12 nitrogen and oxygen atoms in total. The van der Waals surface area contributed by atoms with Gasteiger partial charge >= 0.3 is 5.97 Å². The van der Waals surface area contributed by atoms with Gasteiger partial charge in [0.15, 0.2) is 0 Å². The van der Waals surface area contributed by atoms with Crippen molar-refractivity contribution in [1.29, 1.82) is 0 Å². The number of hydrogen-bond donors (Lipinski definition) is 7. The second-order valence-corrected chi connectivity index (χ2v) is 9.91. The zero-order valence-corrected chi connectivity index (χ0v) is 22.0. The van der Waals surface area contributed by atoms with Crippen molar-refractivity contribution in [3.8, 4) is 0 Å². The van der Waals surface area contributed by atoms with Crippen LogP contribution < -0.4 is 21.7 Å². The number of H-pyrrole nitrogens is 2. The molecule has 13 heteroatoms. The first kappa shape index (κ1) is 28.7. The fourth-order valence-corrected chi connectivity index (χ4v) is 4.36. The number of benzene rings is 1. The van der Waals surface area contributed by atoms with Gasteiger partial charge in [0.2, 0.25) is 17.7 Å². The number of carbonyl (C=O) groups is 4. The lowest BCUT2D eigenvalue weighted by Crippen LogP contribution is -2.57. The van der Waals surface area contributed by atoms with E-state index in [1.54, 1.807) is 12.4 Å². The number of hydrogen-bond acceptors (Lipinski definition) is 7. The quantitative estimate of drug-likeness (QED) is 0.151. The third kappa shape index (κ3) is 7.83. The van der Waals surface area contributed by atoms with Gasteiger partial charge in [-0.3, -0.25) is 19.2 Å². The van der Waals surface area contributed by atoms with E-state index in [0.29, 0.717) is 11.4 Å². The van der Waals surface area contributed by atoms with E-state index in [1.165, 1.54) is 25.0 Å². The molecule has 3 amide bonds. The van der Waals surface area contributed by atoms with Gasteiger partial charge in [-0.05, 0) is 37.0 Å². The maximum atomic E-state index is 13.5. The molecule has 0 saturated heterocycles. The van der Waals surface area contributed by atoms with Crippen LogP contribution in [0, 0.1) is 0 Å². The molecule has 0 saturated carbocycles. The number of carboxylic acid groups (broad SMARTS) is 1. The van der Waals surface area contributed by atoms with Crippen LogP contribution in [0.15, 0.2) is 43.0 Å². The number of aliphatic carboxylic acids is 1. The van der Waals surface area contributed by atoms with E-state index in [1.807, 2.05) is 30.5 Å². The number of fused-ring (bicyclic) bond motifs is 1. The molecule has 0 bridgehead atoms. The van der Waals surface area contributed by atoms with Gasteiger partial charge in [-0.1, -0.05) is 18.2 Å². The molecule has 0 spiro atoms. The van der Waals surface area contributed by atoms with Crippen LogP contribution in [0.5, 0.6) is 0 Å². The second-order valence-electron chi connectivity index (χ2n) is 8.92. The summed E-state index contributed by atoms with van der Waals surface area (Å²) in [5.41, 5.74) is 8.45. The highest BCUT2D eigenvalue weighted by molar-refractivity contribution is 7.98. The first-order valence-electron chi connectivity index (χ1n) is 12.1. The zero-order chi connectivity index (χ0) is 27.7. The van der Waals surface area contributed by atoms with E-state index in [9.17, 15) is 19.2 Å². The Bertz CT molecular complexity index is 1250. The molecule has 0 fully saturated rings. The van der Waals surface area contributed by atoms with Crippen molar-refractivity contribution in [2.45, 2.75) is 50.4 Å². The van der Waals surface area contributed by atoms with Gasteiger partial charge in [0.05, 0.1) is 12.4 Å². The standard InChI is InChI=1S/C25H33N7O5S/c1-14(25(36)37)30-23(34)20(7-8-38-2)31-24(35)21(9-15-11-28-19-6-4-3-5-17(15)19)32-22(33)18(26)10-16-12-27-13-29-16/h3-6,11-14,18,20-21,28H,7-10,26H2,1-2H3,(H,27,29)(H,30,34)(H,31,35)(H,32,33)(H,36,37). The number of para-hydroxylation sites is 1. The van der Waals surface area contributed by atoms with Crippen molar-refractivity contribution < 1.29 is 24.3 Å². The SMILES string of the molecule is CSCCC(NC(=O)C(Cc1c[nH]c2ccccc12)NC(=O)C(N)Cc1cnc[nH]1)C(=O)NC(C)C(=O)O. The number of carbonyl (C=O) groups excluding carboxylic acids is 3. The number of carboxylic acids is 1. The van der Waals surface area contributed by atoms with Crippen molar-refractivity contribution in [3.63, 3.8) is 0 Å². The predicted molar refractivity (Wildman–Crippen MR) is 144 cm³/mol. The number of nitrogens with two attached hydrogens (primary N) is 1. The molecule has 8 N–H and O–H groups in total. The van der Waals surface area contributed by atoms with E-state index in [2.05, 4.69) is 30.9 Å². The number of thioether (sulfide) groups is 1. The van der Waals surface area contributed by atoms with Crippen LogP contribution in [0.1, 0.15) is 24.6 Å². The van der Waals surface area contributed by atoms with Crippen LogP contribution in [-0.2, 0) is 32.0 Å². The molecule has 4 unspecified atom stereocenters. The summed E-state index contributed by atoms with van der Waals surface area (Å²) in [7, 11) is 0. The van der Waals surface area contributed by atoms with Gasteiger partial charge in [0.1, 0.15) is 18.1 Å². The molecular weight excluding hydrogens is 510 g/mol. The van der Waals surface area contributed by atoms with Crippen molar-refractivity contribution in [3.05, 3.63) is 54.2 Å². The summed E-state index contributed by atoms with van der Waals surface area (Å²) < 4.78 is 0. The van der Waals surface area contributed by atoms with E-state index >= 15 is 0 Å². The first-order valence-corrected chi connectivity index (χ1v) is 13.5. The summed E-state index contributed by atoms with van der Waals surface area (Å²) in [4.78, 5) is 60.4. The van der Waals surface area contributed by atoms with E-state index in [4.69, 9.17) is 10.8 Å². The average molecular weight is 544 g/mol. The highest BCUT2D eigenvalue weighted by Gasteiger charge is 2.30. The summed E-state index contributed by atoms with van der Waals surface area (Å²) >= 11 is 1.48. The monoisotopic (exact) mass is 543 g/mol. The van der Waals surface area contributed by atoms with Gasteiger partial charge in [-0.2, -0.15) is 11.8 Å². The molecule has 38 heavy (non-hydrogen) atoms. The molecule has 3 rings (SSSR count). The maximum absolute atomic E-state index is 13.5. The fourth-order valence-electron chi connectivity index (χ4n) is 3.89. The molecule has 0 aliphatic rings. The van der Waals surface area contributed by atoms with Crippen LogP contribution in [-0.4, -0.2) is 79.9 Å². The topological polar surface area (TPSA) is 195 Å². The number of imidazole rings is 1. The van der Waals surface area contributed by atoms with E-state index in [0.717, 1.165) is 16.5 Å². The average Bonchev–Trinajstić information content (AvgIpc) is 3.55. The van der Waals surface area contributed by atoms with Gasteiger partial charge in [0, 0.05) is 41.8 Å². The highest BCUT2D eigenvalue weighted by atomic mass is 32.2. The number of amides is 3. The Balaban J connectivity index is 1.80. The molecule has 0 radical (unpaired) electrons. The minimum atomic E-state index is -1.19. The Morgan fingerprint density at radius 1 is 1.03 bits per heavy atom. The van der Waals surface area contributed by atoms with E-state index < -0.39 is 47.9 Å². The highest BCUT2D eigenvalue weighted by Crippen LogP contribution is 2.19. The molecule has 3 aromatic rings. The normalized spacial score (nSPS) is 14.3. The number of rotatable bonds is 14. The van der Waals surface area contributed by atoms with Gasteiger partial charge in [-0.15, -0.1) is 0 Å². The molecule has 2 aromatic heterocycles. The first-order chi connectivity index (χ1) is 18.2. The van der Waals surface area contributed by atoms with Gasteiger partial charge in [0.25, 0.3) is 0 Å². The summed E-state index contributed by atoms with van der Waals surface area (Å²) in [6.07, 6.45) is 7.29. The molecular formula is C25H33N7O5S. The fraction of sp³-hybridized carbons (Fsp3) is 0.400. The van der Waals surface area contributed by atoms with Crippen molar-refractivity contribution >= 4 is 46.4 Å². The minimum absolute atomic E-state index is 0.140. The third-order valence-corrected chi connectivity index (χ3v) is 6.68. The Morgan fingerprint density at radius 2 is 1.74 bits per heavy atom. The number of aromatic amines is 2. The zero-order valence-electron chi connectivity index (χ0n) is 21.2. The Kier molecular flexibility index (Phi) is 10.3. The lowest BCUT2D eigenvalue weighted by Gasteiger charge is -2.24. The Morgan fingerprint density at radius 3 is 2.42 bits per heavy atom. The molecule has 1 aromatic carbocycles. The van der Waals surface area contributed by atoms with Crippen LogP contribution in [0.4, 0.5) is 0 Å². The summed E-state index contributed by atoms with van der Waals surface area (Å²) in [5, 5.41) is 17.9. The Hall–Kier alpha value is -3.84. The summed E-state index contributed by atoms with van der Waals surface area (Å²) in [6, 6.07) is 3.46. The number of nitrogens with one attached hydrogen (secondary N) is 5. The van der Waals surface area contributed by atoms with Gasteiger partial charge < -0.3 is 36.8 Å². The molecule has 2 heterocycles. The molecule has 204 valence electrons. The van der Waals surface area contributed by atoms with Gasteiger partial charge in [-0.25, -0.2) is 4.98 Å². The Labute approximate surface area is 223 Å². The number of nitrogens with zero attached hydrogens (tertiary/aromatic N) is 1. The van der Waals surface area contributed by atoms with Crippen molar-refractivity contribution in [2.75, 3.05) is 12.0 Å². The largest absolute Gasteiger partial charge is 0.480 e. The lowest BCUT2D eigenvalue weighted by atomic mass is 10.0. The van der Waals surface area contributed by atoms with E-state index in [-0.39, 0.29) is 19.3 Å². The predicted octanol–water partition coefficient (Wildman–Crippen LogP) is 0.316. The molecule has 0 aliphatic heterocycles. The smallest absolute Gasteiger partial charge is 0.325 e. The lowest BCUT2D eigenvalue weighted by molar-refractivity contribution is -0.141. The van der Waals surface area contributed by atoms with Crippen LogP contribution >= 0.6 is 11.8 Å². The van der Waals surface area contributed by atoms with Crippen molar-refractivity contribution in [1.82, 2.24) is 30.9 Å². The second kappa shape index (κ2) is 13.6. The molecule has 4 atom stereocenters. The third-order valence-electron chi connectivity index (χ3n) is 6.04. The van der Waals surface area contributed by atoms with Crippen LogP contribution in [0.3, 0.4) is 0 Å². The minimum Gasteiger partial charge on any atom is -0.480 e. The summed E-state index contributed by atoms with van der Waals surface area (Å²) in [5.74, 6) is -2.38. The number of aromatic nitrogens is 3. The summed E-state index contributed by atoms with van der Waals surface area (Å²) in [6.45, 7) is 1.34. The maximum Gasteiger partial charge on any atom is 0.325 e. The molecule has 0 aliphatic carbocycles. The van der Waals surface area contributed by atoms with Crippen LogP contribution in [0.2, 0.25) is 0 Å².